The van der Waals surface area contributed by atoms with Gasteiger partial charge in [-0.2, -0.15) is 13.2 Å². The monoisotopic (exact) mass is 247 g/mol. The van der Waals surface area contributed by atoms with Gasteiger partial charge in [-0.25, -0.2) is 4.98 Å². The summed E-state index contributed by atoms with van der Waals surface area (Å²) in [5, 5.41) is 0. The van der Waals surface area contributed by atoms with Crippen LogP contribution in [0.4, 0.5) is 13.2 Å². The van der Waals surface area contributed by atoms with E-state index in [-0.39, 0.29) is 11.9 Å². The fraction of sp³-hybridized carbons (Fsp3) is 0.545. The average molecular weight is 247 g/mol. The number of ether oxygens (including phenoxy) is 2. The van der Waals surface area contributed by atoms with Crippen LogP contribution in [0.15, 0.2) is 12.3 Å². The molecule has 0 N–H and O–H groups in total. The number of aromatic nitrogens is 1. The number of rotatable bonds is 3. The van der Waals surface area contributed by atoms with Crippen molar-refractivity contribution in [2.24, 2.45) is 0 Å². The van der Waals surface area contributed by atoms with Crippen LogP contribution in [0.3, 0.4) is 0 Å². The predicted molar refractivity (Wildman–Crippen MR) is 54.1 cm³/mol. The molecular weight excluding hydrogens is 235 g/mol. The van der Waals surface area contributed by atoms with Gasteiger partial charge in [0.2, 0.25) is 5.88 Å². The third-order valence-electron chi connectivity index (χ3n) is 2.68. The molecule has 0 radical (unpaired) electrons. The summed E-state index contributed by atoms with van der Waals surface area (Å²) < 4.78 is 48.0. The van der Waals surface area contributed by atoms with Crippen LogP contribution >= 0.6 is 0 Å². The van der Waals surface area contributed by atoms with Gasteiger partial charge in [0.15, 0.2) is 0 Å². The van der Waals surface area contributed by atoms with E-state index in [1.165, 1.54) is 6.20 Å². The van der Waals surface area contributed by atoms with Gasteiger partial charge in [0, 0.05) is 0 Å². The van der Waals surface area contributed by atoms with E-state index in [1.54, 1.807) is 0 Å². The zero-order valence-electron chi connectivity index (χ0n) is 9.25. The molecule has 0 aromatic carbocycles. The smallest absolute Gasteiger partial charge is 0.421 e. The molecule has 2 rings (SSSR count). The van der Waals surface area contributed by atoms with Gasteiger partial charge in [-0.15, -0.1) is 0 Å². The largest absolute Gasteiger partial charge is 0.489 e. The van der Waals surface area contributed by atoms with Crippen molar-refractivity contribution in [1.29, 1.82) is 0 Å². The lowest BCUT2D eigenvalue weighted by Crippen LogP contribution is -2.24. The molecule has 3 nitrogen and oxygen atoms in total. The van der Waals surface area contributed by atoms with Gasteiger partial charge < -0.3 is 9.47 Å². The number of hydrogen-bond donors (Lipinski definition) is 0. The SMILES string of the molecule is COc1ncc(OC2CCC2)cc1C(F)(F)F. The second-order valence-corrected chi connectivity index (χ2v) is 3.90. The molecule has 1 aromatic heterocycles. The highest BCUT2D eigenvalue weighted by Crippen LogP contribution is 2.37. The van der Waals surface area contributed by atoms with E-state index < -0.39 is 17.6 Å². The lowest BCUT2D eigenvalue weighted by Gasteiger charge is -2.26. The summed E-state index contributed by atoms with van der Waals surface area (Å²) >= 11 is 0. The van der Waals surface area contributed by atoms with Crippen LogP contribution in [0, 0.1) is 0 Å². The van der Waals surface area contributed by atoms with Crippen molar-refractivity contribution < 1.29 is 22.6 Å². The van der Waals surface area contributed by atoms with E-state index in [0.717, 1.165) is 32.4 Å². The van der Waals surface area contributed by atoms with Gasteiger partial charge in [-0.05, 0) is 25.3 Å². The molecule has 1 saturated carbocycles. The third-order valence-corrected chi connectivity index (χ3v) is 2.68. The van der Waals surface area contributed by atoms with Crippen LogP contribution in [0.1, 0.15) is 24.8 Å². The Kier molecular flexibility index (Phi) is 3.13. The topological polar surface area (TPSA) is 31.4 Å². The Bertz CT molecular complexity index is 402. The van der Waals surface area contributed by atoms with Crippen LogP contribution in [0.2, 0.25) is 0 Å². The zero-order valence-corrected chi connectivity index (χ0v) is 9.25. The maximum Gasteiger partial charge on any atom is 0.421 e. The highest BCUT2D eigenvalue weighted by atomic mass is 19.4. The molecule has 1 aliphatic rings. The second-order valence-electron chi connectivity index (χ2n) is 3.90. The van der Waals surface area contributed by atoms with Crippen molar-refractivity contribution >= 4 is 0 Å². The summed E-state index contributed by atoms with van der Waals surface area (Å²) in [6.07, 6.45) is -0.392. The molecule has 0 amide bonds. The summed E-state index contributed by atoms with van der Waals surface area (Å²) in [6, 6.07) is 0.935. The molecular formula is C11H12F3NO2. The highest BCUT2D eigenvalue weighted by Gasteiger charge is 2.36. The highest BCUT2D eigenvalue weighted by molar-refractivity contribution is 5.35. The van der Waals surface area contributed by atoms with Gasteiger partial charge in [0.05, 0.1) is 19.4 Å². The quantitative estimate of drug-likeness (QED) is 0.822. The van der Waals surface area contributed by atoms with Crippen molar-refractivity contribution in [1.82, 2.24) is 4.98 Å². The number of pyridine rings is 1. The molecule has 1 heterocycles. The molecule has 6 heteroatoms. The number of halogens is 3. The second kappa shape index (κ2) is 4.43. The third kappa shape index (κ3) is 2.62. The van der Waals surface area contributed by atoms with E-state index in [1.807, 2.05) is 0 Å². The van der Waals surface area contributed by atoms with Crippen LogP contribution < -0.4 is 9.47 Å². The van der Waals surface area contributed by atoms with E-state index >= 15 is 0 Å². The molecule has 0 spiro atoms. The minimum Gasteiger partial charge on any atom is -0.489 e. The number of methoxy groups -OCH3 is 1. The Morgan fingerprint density at radius 2 is 2.06 bits per heavy atom. The summed E-state index contributed by atoms with van der Waals surface area (Å²) in [5.41, 5.74) is -0.906. The lowest BCUT2D eigenvalue weighted by atomic mass is 9.96. The maximum atomic E-state index is 12.7. The molecule has 94 valence electrons. The van der Waals surface area contributed by atoms with Crippen molar-refractivity contribution in [2.75, 3.05) is 7.11 Å². The first-order valence-corrected chi connectivity index (χ1v) is 5.28. The zero-order chi connectivity index (χ0) is 12.5. The predicted octanol–water partition coefficient (Wildman–Crippen LogP) is 3.04. The van der Waals surface area contributed by atoms with Gasteiger partial charge in [0.25, 0.3) is 0 Å². The van der Waals surface area contributed by atoms with E-state index in [2.05, 4.69) is 9.72 Å². The van der Waals surface area contributed by atoms with Crippen molar-refractivity contribution in [3.05, 3.63) is 17.8 Å². The standard InChI is InChI=1S/C11H12F3NO2/c1-16-10-9(11(12,13)14)5-8(6-15-10)17-7-3-2-4-7/h5-7H,2-4H2,1H3. The molecule has 0 atom stereocenters. The summed E-state index contributed by atoms with van der Waals surface area (Å²) in [6.45, 7) is 0. The fourth-order valence-corrected chi connectivity index (χ4v) is 1.54. The number of alkyl halides is 3. The van der Waals surface area contributed by atoms with Crippen LogP contribution in [0.5, 0.6) is 11.6 Å². The maximum absolute atomic E-state index is 12.7. The van der Waals surface area contributed by atoms with Crippen molar-refractivity contribution in [2.45, 2.75) is 31.5 Å². The molecule has 0 unspecified atom stereocenters. The van der Waals surface area contributed by atoms with Crippen molar-refractivity contribution in [3.63, 3.8) is 0 Å². The molecule has 1 aromatic rings. The summed E-state index contributed by atoms with van der Waals surface area (Å²) in [5.74, 6) is -0.290. The lowest BCUT2D eigenvalue weighted by molar-refractivity contribution is -0.139. The molecule has 0 aliphatic heterocycles. The van der Waals surface area contributed by atoms with E-state index in [0.29, 0.717) is 0 Å². The van der Waals surface area contributed by atoms with Gasteiger partial charge in [-0.1, -0.05) is 0 Å². The van der Waals surface area contributed by atoms with Crippen LogP contribution in [-0.4, -0.2) is 18.2 Å². The molecule has 17 heavy (non-hydrogen) atoms. The van der Waals surface area contributed by atoms with E-state index in [9.17, 15) is 13.2 Å². The molecule has 1 fully saturated rings. The number of nitrogens with zero attached hydrogens (tertiary/aromatic N) is 1. The molecule has 0 bridgehead atoms. The summed E-state index contributed by atoms with van der Waals surface area (Å²) in [7, 11) is 1.16. The average Bonchev–Trinajstić information content (AvgIpc) is 2.22. The molecule has 0 saturated heterocycles. The minimum atomic E-state index is -4.49. The Balaban J connectivity index is 2.24. The van der Waals surface area contributed by atoms with Crippen molar-refractivity contribution in [3.8, 4) is 11.6 Å². The van der Waals surface area contributed by atoms with Gasteiger partial charge >= 0.3 is 6.18 Å². The normalized spacial score (nSPS) is 16.5. The summed E-state index contributed by atoms with van der Waals surface area (Å²) in [4.78, 5) is 3.61. The Morgan fingerprint density at radius 3 is 2.53 bits per heavy atom. The number of hydrogen-bond acceptors (Lipinski definition) is 3. The van der Waals surface area contributed by atoms with Gasteiger partial charge in [-0.3, -0.25) is 0 Å². The minimum absolute atomic E-state index is 0.0197. The van der Waals surface area contributed by atoms with Crippen LogP contribution in [-0.2, 0) is 6.18 Å². The van der Waals surface area contributed by atoms with Crippen LogP contribution in [0.25, 0.3) is 0 Å². The first kappa shape index (κ1) is 12.0. The van der Waals surface area contributed by atoms with E-state index in [4.69, 9.17) is 4.74 Å². The first-order valence-electron chi connectivity index (χ1n) is 5.28. The Labute approximate surface area is 96.6 Å². The molecule has 1 aliphatic carbocycles. The Hall–Kier alpha value is -1.46. The van der Waals surface area contributed by atoms with Gasteiger partial charge in [0.1, 0.15) is 11.3 Å². The Morgan fingerprint density at radius 1 is 1.35 bits per heavy atom. The fourth-order valence-electron chi connectivity index (χ4n) is 1.54. The first-order chi connectivity index (χ1) is 8.00.